The molecule has 100 valence electrons. The predicted octanol–water partition coefficient (Wildman–Crippen LogP) is 4.07. The molecular formula is C12H9BrClNO3S. The molecule has 0 saturated carbocycles. The minimum atomic E-state index is -0.999. The molecule has 1 heterocycles. The first kappa shape index (κ1) is 14.5. The van der Waals surface area contributed by atoms with Gasteiger partial charge in [-0.05, 0) is 18.2 Å². The van der Waals surface area contributed by atoms with Crippen molar-refractivity contribution in [1.29, 1.82) is 0 Å². The van der Waals surface area contributed by atoms with E-state index in [0.29, 0.717) is 15.7 Å². The molecule has 0 bridgehead atoms. The highest BCUT2D eigenvalue weighted by Crippen LogP contribution is 2.34. The van der Waals surface area contributed by atoms with Gasteiger partial charge in [-0.2, -0.15) is 0 Å². The number of aromatic nitrogens is 1. The smallest absolute Gasteiger partial charge is 0.347 e. The van der Waals surface area contributed by atoms with Crippen LogP contribution in [0.3, 0.4) is 0 Å². The van der Waals surface area contributed by atoms with Crippen LogP contribution in [0, 0.1) is 0 Å². The Balaban J connectivity index is 2.50. The number of hydrogen-bond acceptors (Lipinski definition) is 4. The molecule has 1 aromatic carbocycles. The molecule has 4 nitrogen and oxygen atoms in total. The molecule has 7 heteroatoms. The zero-order valence-electron chi connectivity index (χ0n) is 9.81. The molecule has 0 amide bonds. The average molecular weight is 363 g/mol. The van der Waals surface area contributed by atoms with E-state index >= 15 is 0 Å². The van der Waals surface area contributed by atoms with Gasteiger partial charge < -0.3 is 9.84 Å². The van der Waals surface area contributed by atoms with Crippen LogP contribution in [0.15, 0.2) is 22.7 Å². The number of benzene rings is 1. The summed E-state index contributed by atoms with van der Waals surface area (Å²) in [5.74, 6) is -0.999. The van der Waals surface area contributed by atoms with E-state index in [4.69, 9.17) is 21.4 Å². The molecule has 19 heavy (non-hydrogen) atoms. The first-order chi connectivity index (χ1) is 9.02. The van der Waals surface area contributed by atoms with Crippen molar-refractivity contribution in [3.63, 3.8) is 0 Å². The Labute approximate surface area is 127 Å². The van der Waals surface area contributed by atoms with Gasteiger partial charge in [-0.25, -0.2) is 9.78 Å². The molecule has 2 rings (SSSR count). The minimum Gasteiger partial charge on any atom is -0.477 e. The summed E-state index contributed by atoms with van der Waals surface area (Å²) in [6.07, 6.45) is 0. The van der Waals surface area contributed by atoms with E-state index in [0.717, 1.165) is 21.4 Å². The van der Waals surface area contributed by atoms with Crippen molar-refractivity contribution >= 4 is 44.8 Å². The molecule has 0 unspecified atom stereocenters. The van der Waals surface area contributed by atoms with Gasteiger partial charge in [0.1, 0.15) is 9.88 Å². The first-order valence-corrected chi connectivity index (χ1v) is 7.19. The second-order valence-corrected chi connectivity index (χ2v) is 5.95. The molecule has 0 fully saturated rings. The number of hydrogen-bond donors (Lipinski definition) is 1. The fourth-order valence-corrected chi connectivity index (χ4v) is 3.48. The number of carbonyl (C=O) groups is 1. The predicted molar refractivity (Wildman–Crippen MR) is 77.9 cm³/mol. The molecule has 0 radical (unpaired) electrons. The molecule has 0 aliphatic carbocycles. The van der Waals surface area contributed by atoms with Gasteiger partial charge in [0.25, 0.3) is 0 Å². The lowest BCUT2D eigenvalue weighted by Crippen LogP contribution is -1.99. The molecule has 1 N–H and O–H groups in total. The number of carboxylic acids is 1. The lowest BCUT2D eigenvalue weighted by molar-refractivity contribution is 0.0697. The van der Waals surface area contributed by atoms with Crippen LogP contribution in [0.4, 0.5) is 0 Å². The number of carboxylic acid groups (broad SMARTS) is 1. The van der Waals surface area contributed by atoms with Gasteiger partial charge in [0.15, 0.2) is 0 Å². The zero-order chi connectivity index (χ0) is 14.0. The van der Waals surface area contributed by atoms with Crippen LogP contribution < -0.4 is 0 Å². The summed E-state index contributed by atoms with van der Waals surface area (Å²) in [7, 11) is 1.50. The number of halogens is 2. The normalized spacial score (nSPS) is 10.7. The molecular weight excluding hydrogens is 354 g/mol. The molecule has 0 saturated heterocycles. The van der Waals surface area contributed by atoms with Crippen molar-refractivity contribution in [3.05, 3.63) is 38.3 Å². The third-order valence-electron chi connectivity index (χ3n) is 2.33. The lowest BCUT2D eigenvalue weighted by Gasteiger charge is -2.00. The van der Waals surface area contributed by atoms with Crippen LogP contribution in [0.25, 0.3) is 10.6 Å². The van der Waals surface area contributed by atoms with E-state index in [-0.39, 0.29) is 11.5 Å². The maximum absolute atomic E-state index is 11.2. The third-order valence-corrected chi connectivity index (χ3v) is 4.34. The highest BCUT2D eigenvalue weighted by molar-refractivity contribution is 9.10. The number of ether oxygens (including phenoxy) is 1. The second-order valence-electron chi connectivity index (χ2n) is 3.66. The quantitative estimate of drug-likeness (QED) is 0.890. The van der Waals surface area contributed by atoms with E-state index in [1.165, 1.54) is 7.11 Å². The molecule has 0 spiro atoms. The number of thiazole rings is 1. The van der Waals surface area contributed by atoms with Crippen LogP contribution in [-0.2, 0) is 11.3 Å². The third kappa shape index (κ3) is 3.14. The monoisotopic (exact) mass is 361 g/mol. The fourth-order valence-electron chi connectivity index (χ4n) is 1.53. The van der Waals surface area contributed by atoms with Gasteiger partial charge in [-0.1, -0.05) is 27.5 Å². The molecule has 0 aliphatic heterocycles. The number of methoxy groups -OCH3 is 1. The Morgan fingerprint density at radius 3 is 2.89 bits per heavy atom. The average Bonchev–Trinajstić information content (AvgIpc) is 2.73. The Hall–Kier alpha value is -0.950. The summed E-state index contributed by atoms with van der Waals surface area (Å²) in [4.78, 5) is 15.7. The van der Waals surface area contributed by atoms with Crippen LogP contribution in [0.1, 0.15) is 15.4 Å². The number of nitrogens with zero attached hydrogens (tertiary/aromatic N) is 1. The van der Waals surface area contributed by atoms with Gasteiger partial charge >= 0.3 is 5.97 Å². The van der Waals surface area contributed by atoms with Gasteiger partial charge in [0.2, 0.25) is 0 Å². The van der Waals surface area contributed by atoms with Crippen molar-refractivity contribution in [1.82, 2.24) is 4.98 Å². The van der Waals surface area contributed by atoms with E-state index in [1.807, 2.05) is 0 Å². The van der Waals surface area contributed by atoms with Crippen molar-refractivity contribution in [3.8, 4) is 10.6 Å². The summed E-state index contributed by atoms with van der Waals surface area (Å²) in [6, 6.07) is 5.28. The summed E-state index contributed by atoms with van der Waals surface area (Å²) in [5, 5.41) is 10.4. The van der Waals surface area contributed by atoms with Crippen molar-refractivity contribution in [2.45, 2.75) is 6.61 Å². The minimum absolute atomic E-state index is 0.170. The van der Waals surface area contributed by atoms with Crippen LogP contribution in [0.5, 0.6) is 0 Å². The first-order valence-electron chi connectivity index (χ1n) is 5.20. The van der Waals surface area contributed by atoms with Crippen molar-refractivity contribution in [2.75, 3.05) is 7.11 Å². The largest absolute Gasteiger partial charge is 0.477 e. The summed E-state index contributed by atoms with van der Waals surface area (Å²) >= 11 is 10.4. The molecule has 0 atom stereocenters. The van der Waals surface area contributed by atoms with E-state index in [9.17, 15) is 4.79 Å². The van der Waals surface area contributed by atoms with Crippen LogP contribution in [-0.4, -0.2) is 23.2 Å². The molecule has 1 aromatic heterocycles. The molecule has 2 aromatic rings. The maximum atomic E-state index is 11.2. The van der Waals surface area contributed by atoms with Gasteiger partial charge in [-0.3, -0.25) is 0 Å². The number of aromatic carboxylic acids is 1. The summed E-state index contributed by atoms with van der Waals surface area (Å²) in [5.41, 5.74) is 1.23. The Morgan fingerprint density at radius 1 is 1.58 bits per heavy atom. The topological polar surface area (TPSA) is 59.4 Å². The van der Waals surface area contributed by atoms with E-state index < -0.39 is 5.97 Å². The summed E-state index contributed by atoms with van der Waals surface area (Å²) in [6.45, 7) is 0.170. The van der Waals surface area contributed by atoms with E-state index in [2.05, 4.69) is 20.9 Å². The van der Waals surface area contributed by atoms with Gasteiger partial charge in [0, 0.05) is 22.2 Å². The standard InChI is InChI=1S/C12H9BrClNO3S/c1-18-5-9-10(12(16)17)19-11(15-9)7-3-2-6(14)4-8(7)13/h2-4H,5H2,1H3,(H,16,17). The van der Waals surface area contributed by atoms with Gasteiger partial charge in [0.05, 0.1) is 12.3 Å². The highest BCUT2D eigenvalue weighted by Gasteiger charge is 2.19. The molecule has 0 aliphatic rings. The highest BCUT2D eigenvalue weighted by atomic mass is 79.9. The second kappa shape index (κ2) is 6.00. The van der Waals surface area contributed by atoms with Crippen LogP contribution >= 0.6 is 38.9 Å². The fraction of sp³-hybridized carbons (Fsp3) is 0.167. The van der Waals surface area contributed by atoms with E-state index in [1.54, 1.807) is 18.2 Å². The SMILES string of the molecule is COCc1nc(-c2ccc(Cl)cc2Br)sc1C(=O)O. The van der Waals surface area contributed by atoms with Crippen molar-refractivity contribution in [2.24, 2.45) is 0 Å². The van der Waals surface area contributed by atoms with Crippen molar-refractivity contribution < 1.29 is 14.6 Å². The van der Waals surface area contributed by atoms with Gasteiger partial charge in [-0.15, -0.1) is 11.3 Å². The summed E-state index contributed by atoms with van der Waals surface area (Å²) < 4.78 is 5.74. The Kier molecular flexibility index (Phi) is 4.57. The Morgan fingerprint density at radius 2 is 2.32 bits per heavy atom. The maximum Gasteiger partial charge on any atom is 0.347 e. The van der Waals surface area contributed by atoms with Crippen LogP contribution in [0.2, 0.25) is 5.02 Å². The lowest BCUT2D eigenvalue weighted by atomic mass is 10.2. The zero-order valence-corrected chi connectivity index (χ0v) is 13.0. The Bertz CT molecular complexity index is 629. The number of rotatable bonds is 4.